The number of fused-ring (bicyclic) bond motifs is 1. The van der Waals surface area contributed by atoms with Gasteiger partial charge in [-0.2, -0.15) is 0 Å². The molecule has 1 aromatic heterocycles. The van der Waals surface area contributed by atoms with Crippen LogP contribution in [0.3, 0.4) is 0 Å². The molecule has 3 amide bonds. The summed E-state index contributed by atoms with van der Waals surface area (Å²) in [6.07, 6.45) is 1.32. The van der Waals surface area contributed by atoms with Crippen molar-refractivity contribution in [1.29, 1.82) is 0 Å². The lowest BCUT2D eigenvalue weighted by Gasteiger charge is -2.26. The van der Waals surface area contributed by atoms with Gasteiger partial charge in [-0.25, -0.2) is 4.98 Å². The van der Waals surface area contributed by atoms with Gasteiger partial charge in [-0.05, 0) is 48.2 Å². The van der Waals surface area contributed by atoms with Crippen LogP contribution >= 0.6 is 11.3 Å². The molecule has 0 bridgehead atoms. The third-order valence-electron chi connectivity index (χ3n) is 6.43. The van der Waals surface area contributed by atoms with Crippen LogP contribution in [0.25, 0.3) is 0 Å². The summed E-state index contributed by atoms with van der Waals surface area (Å²) in [4.78, 5) is 57.0. The van der Waals surface area contributed by atoms with Gasteiger partial charge in [-0.3, -0.25) is 24.5 Å². The molecule has 8 nitrogen and oxygen atoms in total. The number of rotatable bonds is 5. The first-order chi connectivity index (χ1) is 17.2. The molecule has 1 aliphatic heterocycles. The number of carbonyl (C=O) groups excluding carboxylic acids is 4. The van der Waals surface area contributed by atoms with Crippen molar-refractivity contribution in [3.8, 4) is 0 Å². The molecule has 2 aliphatic rings. The van der Waals surface area contributed by atoms with Crippen LogP contribution in [0.4, 0.5) is 16.5 Å². The molecular formula is C27H26N4O4S. The minimum absolute atomic E-state index is 0.0650. The number of para-hydroxylation sites is 1. The van der Waals surface area contributed by atoms with Crippen LogP contribution in [-0.4, -0.2) is 35.0 Å². The van der Waals surface area contributed by atoms with Gasteiger partial charge in [0.15, 0.2) is 10.9 Å². The van der Waals surface area contributed by atoms with E-state index in [0.717, 1.165) is 11.4 Å². The SMILES string of the molecule is CC1(C)CC(=O)c2sc(NC(=O)c3ccc(NC(=O)C4CC(=O)N(c5ccccc5)C4)cc3)nc2C1. The molecule has 5 rings (SSSR count). The monoisotopic (exact) mass is 502 g/mol. The van der Waals surface area contributed by atoms with Crippen molar-refractivity contribution in [2.45, 2.75) is 33.1 Å². The van der Waals surface area contributed by atoms with E-state index in [1.807, 2.05) is 44.2 Å². The molecule has 3 aromatic rings. The molecule has 0 saturated carbocycles. The van der Waals surface area contributed by atoms with Crippen LogP contribution in [-0.2, 0) is 16.0 Å². The third-order valence-corrected chi connectivity index (χ3v) is 7.49. The van der Waals surface area contributed by atoms with E-state index in [1.165, 1.54) is 11.3 Å². The number of thiazole rings is 1. The number of carbonyl (C=O) groups is 4. The first-order valence-electron chi connectivity index (χ1n) is 11.8. The number of ketones is 1. The second-order valence-corrected chi connectivity index (χ2v) is 11.0. The molecule has 1 aliphatic carbocycles. The number of nitrogens with one attached hydrogen (secondary N) is 2. The Morgan fingerprint density at radius 3 is 2.44 bits per heavy atom. The van der Waals surface area contributed by atoms with E-state index in [9.17, 15) is 19.2 Å². The molecule has 9 heteroatoms. The lowest BCUT2D eigenvalue weighted by molar-refractivity contribution is -0.122. The number of nitrogens with zero attached hydrogens (tertiary/aromatic N) is 2. The van der Waals surface area contributed by atoms with Gasteiger partial charge in [0.05, 0.1) is 16.5 Å². The summed E-state index contributed by atoms with van der Waals surface area (Å²) in [5.74, 6) is -1.05. The molecular weight excluding hydrogens is 476 g/mol. The topological polar surface area (TPSA) is 108 Å². The molecule has 36 heavy (non-hydrogen) atoms. The summed E-state index contributed by atoms with van der Waals surface area (Å²) in [6, 6.07) is 15.8. The number of hydrogen-bond donors (Lipinski definition) is 2. The molecule has 0 spiro atoms. The van der Waals surface area contributed by atoms with Crippen molar-refractivity contribution in [2.24, 2.45) is 11.3 Å². The lowest BCUT2D eigenvalue weighted by Crippen LogP contribution is -2.28. The average molecular weight is 503 g/mol. The first kappa shape index (κ1) is 23.9. The zero-order valence-corrected chi connectivity index (χ0v) is 20.9. The molecule has 184 valence electrons. The Kier molecular flexibility index (Phi) is 6.17. The van der Waals surface area contributed by atoms with Crippen molar-refractivity contribution in [2.75, 3.05) is 22.1 Å². The van der Waals surface area contributed by atoms with Gasteiger partial charge in [0.2, 0.25) is 11.8 Å². The van der Waals surface area contributed by atoms with Crippen LogP contribution < -0.4 is 15.5 Å². The number of aromatic nitrogens is 1. The fourth-order valence-electron chi connectivity index (χ4n) is 4.63. The number of amides is 3. The standard InChI is InChI=1S/C27H26N4O4S/c1-27(2)13-20-23(21(32)14-27)36-26(29-20)30-24(34)16-8-10-18(11-9-16)28-25(35)17-12-22(33)31(15-17)19-6-4-3-5-7-19/h3-11,17H,12-15H2,1-2H3,(H,28,35)(H,29,30,34). The van der Waals surface area contributed by atoms with E-state index >= 15 is 0 Å². The predicted octanol–water partition coefficient (Wildman–Crippen LogP) is 4.54. The highest BCUT2D eigenvalue weighted by Gasteiger charge is 2.35. The Morgan fingerprint density at radius 1 is 1.00 bits per heavy atom. The second kappa shape index (κ2) is 9.31. The van der Waals surface area contributed by atoms with Crippen molar-refractivity contribution >= 4 is 51.3 Å². The minimum atomic E-state index is -0.454. The number of hydrogen-bond acceptors (Lipinski definition) is 6. The van der Waals surface area contributed by atoms with E-state index in [1.54, 1.807) is 29.2 Å². The lowest BCUT2D eigenvalue weighted by atomic mass is 9.78. The Labute approximate surface area is 212 Å². The quantitative estimate of drug-likeness (QED) is 0.532. The summed E-state index contributed by atoms with van der Waals surface area (Å²) in [7, 11) is 0. The fraction of sp³-hybridized carbons (Fsp3) is 0.296. The van der Waals surface area contributed by atoms with Crippen molar-refractivity contribution in [1.82, 2.24) is 4.98 Å². The molecule has 1 atom stereocenters. The molecule has 1 saturated heterocycles. The maximum absolute atomic E-state index is 12.8. The number of anilines is 3. The third kappa shape index (κ3) is 4.92. The van der Waals surface area contributed by atoms with E-state index < -0.39 is 5.92 Å². The molecule has 1 unspecified atom stereocenters. The van der Waals surface area contributed by atoms with Gasteiger partial charge in [-0.15, -0.1) is 0 Å². The van der Waals surface area contributed by atoms with E-state index in [2.05, 4.69) is 15.6 Å². The Bertz CT molecular complexity index is 1350. The summed E-state index contributed by atoms with van der Waals surface area (Å²) >= 11 is 1.21. The normalized spacial score (nSPS) is 18.6. The van der Waals surface area contributed by atoms with E-state index in [-0.39, 0.29) is 35.3 Å². The van der Waals surface area contributed by atoms with Crippen LogP contribution in [0.15, 0.2) is 54.6 Å². The summed E-state index contributed by atoms with van der Waals surface area (Å²) in [6.45, 7) is 4.40. The van der Waals surface area contributed by atoms with Crippen molar-refractivity contribution < 1.29 is 19.2 Å². The highest BCUT2D eigenvalue weighted by atomic mass is 32.1. The fourth-order valence-corrected chi connectivity index (χ4v) is 5.55. The van der Waals surface area contributed by atoms with Gasteiger partial charge >= 0.3 is 0 Å². The van der Waals surface area contributed by atoms with Gasteiger partial charge in [0, 0.05) is 36.3 Å². The predicted molar refractivity (Wildman–Crippen MR) is 138 cm³/mol. The Hall–Kier alpha value is -3.85. The van der Waals surface area contributed by atoms with E-state index in [0.29, 0.717) is 40.6 Å². The molecule has 2 aromatic carbocycles. The maximum Gasteiger partial charge on any atom is 0.257 e. The molecule has 0 radical (unpaired) electrons. The maximum atomic E-state index is 12.8. The van der Waals surface area contributed by atoms with Crippen LogP contribution in [0.2, 0.25) is 0 Å². The van der Waals surface area contributed by atoms with Crippen molar-refractivity contribution in [3.05, 3.63) is 70.7 Å². The highest BCUT2D eigenvalue weighted by molar-refractivity contribution is 7.17. The second-order valence-electron chi connectivity index (χ2n) is 10.00. The van der Waals surface area contributed by atoms with Gasteiger partial charge < -0.3 is 10.2 Å². The zero-order chi connectivity index (χ0) is 25.4. The Morgan fingerprint density at radius 2 is 1.72 bits per heavy atom. The summed E-state index contributed by atoms with van der Waals surface area (Å²) in [5, 5.41) is 6.02. The van der Waals surface area contributed by atoms with Crippen LogP contribution in [0.5, 0.6) is 0 Å². The van der Waals surface area contributed by atoms with Crippen LogP contribution in [0.1, 0.15) is 52.4 Å². The molecule has 2 N–H and O–H groups in total. The van der Waals surface area contributed by atoms with Gasteiger partial charge in [-0.1, -0.05) is 43.4 Å². The smallest absolute Gasteiger partial charge is 0.257 e. The number of benzene rings is 2. The van der Waals surface area contributed by atoms with Gasteiger partial charge in [0.1, 0.15) is 0 Å². The summed E-state index contributed by atoms with van der Waals surface area (Å²) < 4.78 is 0. The first-order valence-corrected chi connectivity index (χ1v) is 12.6. The molecule has 1 fully saturated rings. The molecule has 2 heterocycles. The highest BCUT2D eigenvalue weighted by Crippen LogP contribution is 2.38. The van der Waals surface area contributed by atoms with Crippen molar-refractivity contribution in [3.63, 3.8) is 0 Å². The zero-order valence-electron chi connectivity index (χ0n) is 20.0. The van der Waals surface area contributed by atoms with E-state index in [4.69, 9.17) is 0 Å². The number of Topliss-reactive ketones (excluding diaryl/α,β-unsaturated/α-hetero) is 1. The Balaban J connectivity index is 1.19. The van der Waals surface area contributed by atoms with Crippen LogP contribution in [0, 0.1) is 11.3 Å². The average Bonchev–Trinajstić information content (AvgIpc) is 3.42. The minimum Gasteiger partial charge on any atom is -0.326 e. The largest absolute Gasteiger partial charge is 0.326 e. The summed E-state index contributed by atoms with van der Waals surface area (Å²) in [5.41, 5.74) is 2.33. The van der Waals surface area contributed by atoms with Gasteiger partial charge in [0.25, 0.3) is 5.91 Å².